The van der Waals surface area contributed by atoms with Crippen LogP contribution in [-0.4, -0.2) is 11.2 Å². The van der Waals surface area contributed by atoms with Gasteiger partial charge in [-0.25, -0.2) is 4.98 Å². The monoisotopic (exact) mass is 260 g/mol. The maximum atomic E-state index is 5.98. The van der Waals surface area contributed by atoms with E-state index in [1.54, 1.807) is 11.8 Å². The molecule has 0 unspecified atom stereocenters. The second kappa shape index (κ2) is 5.78. The first-order chi connectivity index (χ1) is 8.70. The highest BCUT2D eigenvalue weighted by molar-refractivity contribution is 7.98. The second-order valence-corrected chi connectivity index (χ2v) is 4.78. The van der Waals surface area contributed by atoms with Gasteiger partial charge < -0.3 is 10.5 Å². The Kier molecular flexibility index (Phi) is 4.10. The molecule has 0 radical (unpaired) electrons. The number of aryl methyl sites for hydroxylation is 1. The van der Waals surface area contributed by atoms with Gasteiger partial charge >= 0.3 is 0 Å². The molecule has 1 aromatic heterocycles. The van der Waals surface area contributed by atoms with Crippen molar-refractivity contribution in [3.63, 3.8) is 0 Å². The summed E-state index contributed by atoms with van der Waals surface area (Å²) in [6, 6.07) is 11.6. The molecule has 0 aliphatic heterocycles. The van der Waals surface area contributed by atoms with Crippen molar-refractivity contribution in [3.8, 4) is 5.88 Å². The predicted octanol–water partition coefficient (Wildman–Crippen LogP) is 3.27. The van der Waals surface area contributed by atoms with E-state index in [0.717, 1.165) is 21.8 Å². The Morgan fingerprint density at radius 2 is 2.00 bits per heavy atom. The van der Waals surface area contributed by atoms with Crippen molar-refractivity contribution in [2.45, 2.75) is 18.4 Å². The molecule has 0 saturated carbocycles. The number of aromatic nitrogens is 1. The molecular formula is C14H16N2OS. The largest absolute Gasteiger partial charge is 0.473 e. The van der Waals surface area contributed by atoms with Crippen molar-refractivity contribution < 1.29 is 4.74 Å². The number of thioether (sulfide) groups is 1. The predicted molar refractivity (Wildman–Crippen MR) is 75.9 cm³/mol. The summed E-state index contributed by atoms with van der Waals surface area (Å²) in [6.45, 7) is 2.39. The van der Waals surface area contributed by atoms with Crippen LogP contribution < -0.4 is 10.5 Å². The van der Waals surface area contributed by atoms with E-state index in [0.29, 0.717) is 12.5 Å². The molecule has 0 aliphatic rings. The van der Waals surface area contributed by atoms with Crippen molar-refractivity contribution in [1.82, 2.24) is 4.98 Å². The highest BCUT2D eigenvalue weighted by Crippen LogP contribution is 2.26. The summed E-state index contributed by atoms with van der Waals surface area (Å²) in [6.07, 6.45) is 2.03. The van der Waals surface area contributed by atoms with E-state index in [9.17, 15) is 0 Å². The highest BCUT2D eigenvalue weighted by Gasteiger charge is 2.06. The Labute approximate surface area is 111 Å². The number of anilines is 1. The Bertz CT molecular complexity index is 543. The number of rotatable bonds is 4. The molecule has 1 aromatic carbocycles. The van der Waals surface area contributed by atoms with Gasteiger partial charge in [-0.2, -0.15) is 0 Å². The second-order valence-electron chi connectivity index (χ2n) is 3.93. The van der Waals surface area contributed by atoms with Crippen LogP contribution in [0.4, 0.5) is 5.69 Å². The van der Waals surface area contributed by atoms with Crippen LogP contribution in [0.25, 0.3) is 0 Å². The van der Waals surface area contributed by atoms with Crippen molar-refractivity contribution in [1.29, 1.82) is 0 Å². The smallest absolute Gasteiger partial charge is 0.213 e. The van der Waals surface area contributed by atoms with Gasteiger partial charge in [0.2, 0.25) is 5.88 Å². The Balaban J connectivity index is 2.15. The molecule has 94 valence electrons. The molecule has 0 saturated heterocycles. The van der Waals surface area contributed by atoms with E-state index in [4.69, 9.17) is 10.5 Å². The molecule has 0 bridgehead atoms. The fourth-order valence-corrected chi connectivity index (χ4v) is 2.31. The summed E-state index contributed by atoms with van der Waals surface area (Å²) in [5.74, 6) is 0.630. The summed E-state index contributed by atoms with van der Waals surface area (Å²) in [5.41, 5.74) is 8.70. The van der Waals surface area contributed by atoms with Gasteiger partial charge in [0.15, 0.2) is 0 Å². The van der Waals surface area contributed by atoms with Gasteiger partial charge in [-0.05, 0) is 31.4 Å². The van der Waals surface area contributed by atoms with Crippen LogP contribution in [0.1, 0.15) is 11.3 Å². The highest BCUT2D eigenvalue weighted by atomic mass is 32.2. The van der Waals surface area contributed by atoms with Crippen molar-refractivity contribution >= 4 is 17.4 Å². The number of nitrogens with zero attached hydrogens (tertiary/aromatic N) is 1. The lowest BCUT2D eigenvalue weighted by Crippen LogP contribution is -2.03. The molecule has 3 nitrogen and oxygen atoms in total. The molecule has 4 heteroatoms. The van der Waals surface area contributed by atoms with Gasteiger partial charge in [0, 0.05) is 27.9 Å². The lowest BCUT2D eigenvalue weighted by Gasteiger charge is -2.11. The van der Waals surface area contributed by atoms with Crippen LogP contribution in [0.3, 0.4) is 0 Å². The van der Waals surface area contributed by atoms with Crippen LogP contribution >= 0.6 is 11.8 Å². The van der Waals surface area contributed by atoms with E-state index < -0.39 is 0 Å². The summed E-state index contributed by atoms with van der Waals surface area (Å²) < 4.78 is 5.69. The Morgan fingerprint density at radius 3 is 2.72 bits per heavy atom. The average molecular weight is 260 g/mol. The quantitative estimate of drug-likeness (QED) is 0.677. The number of nitrogen functional groups attached to an aromatic ring is 1. The molecule has 0 fully saturated rings. The number of ether oxygens (including phenoxy) is 1. The lowest BCUT2D eigenvalue weighted by molar-refractivity contribution is 0.291. The summed E-state index contributed by atoms with van der Waals surface area (Å²) >= 11 is 1.67. The number of pyridine rings is 1. The molecule has 0 atom stereocenters. The summed E-state index contributed by atoms with van der Waals surface area (Å²) in [5, 5.41) is 0. The van der Waals surface area contributed by atoms with Crippen LogP contribution in [0.2, 0.25) is 0 Å². The van der Waals surface area contributed by atoms with Crippen LogP contribution in [-0.2, 0) is 6.61 Å². The van der Waals surface area contributed by atoms with E-state index in [1.807, 2.05) is 49.6 Å². The number of benzene rings is 1. The van der Waals surface area contributed by atoms with Gasteiger partial charge in [0.05, 0.1) is 0 Å². The Morgan fingerprint density at radius 1 is 1.22 bits per heavy atom. The molecule has 2 N–H and O–H groups in total. The summed E-state index contributed by atoms with van der Waals surface area (Å²) in [7, 11) is 0. The fraction of sp³-hybridized carbons (Fsp3) is 0.214. The van der Waals surface area contributed by atoms with Gasteiger partial charge in [-0.15, -0.1) is 11.8 Å². The van der Waals surface area contributed by atoms with Crippen LogP contribution in [0, 0.1) is 6.92 Å². The lowest BCUT2D eigenvalue weighted by atomic mass is 10.2. The zero-order chi connectivity index (χ0) is 13.0. The van der Waals surface area contributed by atoms with Gasteiger partial charge in [-0.1, -0.05) is 12.1 Å². The van der Waals surface area contributed by atoms with Gasteiger partial charge in [0.25, 0.3) is 0 Å². The fourth-order valence-electron chi connectivity index (χ4n) is 1.67. The zero-order valence-electron chi connectivity index (χ0n) is 10.5. The molecule has 2 aromatic rings. The minimum atomic E-state index is 0.444. The van der Waals surface area contributed by atoms with Gasteiger partial charge in [-0.3, -0.25) is 0 Å². The standard InChI is InChI=1S/C14H16N2OS/c1-10-5-3-8-14(16-10)17-9-11-12(15)6-4-7-13(11)18-2/h3-8H,9,15H2,1-2H3. The minimum Gasteiger partial charge on any atom is -0.473 e. The SMILES string of the molecule is CSc1cccc(N)c1COc1cccc(C)n1. The number of nitrogens with two attached hydrogens (primary N) is 1. The van der Waals surface area contributed by atoms with Crippen LogP contribution in [0.15, 0.2) is 41.3 Å². The first-order valence-corrected chi connectivity index (χ1v) is 6.91. The Hall–Kier alpha value is -1.68. The molecule has 18 heavy (non-hydrogen) atoms. The van der Waals surface area contributed by atoms with Crippen LogP contribution in [0.5, 0.6) is 5.88 Å². The van der Waals surface area contributed by atoms with Crippen molar-refractivity contribution in [2.24, 2.45) is 0 Å². The molecular weight excluding hydrogens is 244 g/mol. The third kappa shape index (κ3) is 2.96. The minimum absolute atomic E-state index is 0.444. The van der Waals surface area contributed by atoms with E-state index in [1.165, 1.54) is 0 Å². The van der Waals surface area contributed by atoms with E-state index in [-0.39, 0.29) is 0 Å². The van der Waals surface area contributed by atoms with Gasteiger partial charge in [0.1, 0.15) is 6.61 Å². The van der Waals surface area contributed by atoms with Crippen molar-refractivity contribution in [3.05, 3.63) is 47.7 Å². The van der Waals surface area contributed by atoms with Crippen molar-refractivity contribution in [2.75, 3.05) is 12.0 Å². The zero-order valence-corrected chi connectivity index (χ0v) is 11.3. The number of hydrogen-bond donors (Lipinski definition) is 1. The molecule has 0 spiro atoms. The first-order valence-electron chi connectivity index (χ1n) is 5.68. The third-order valence-corrected chi connectivity index (χ3v) is 3.44. The topological polar surface area (TPSA) is 48.1 Å². The van der Waals surface area contributed by atoms with E-state index >= 15 is 0 Å². The molecule has 1 heterocycles. The number of hydrogen-bond acceptors (Lipinski definition) is 4. The maximum absolute atomic E-state index is 5.98. The maximum Gasteiger partial charge on any atom is 0.213 e. The van der Waals surface area contributed by atoms with E-state index in [2.05, 4.69) is 4.98 Å². The normalized spacial score (nSPS) is 10.3. The first kappa shape index (κ1) is 12.8. The molecule has 0 amide bonds. The summed E-state index contributed by atoms with van der Waals surface area (Å²) in [4.78, 5) is 5.44. The molecule has 2 rings (SSSR count). The third-order valence-electron chi connectivity index (χ3n) is 2.62. The molecule has 0 aliphatic carbocycles. The average Bonchev–Trinajstić information content (AvgIpc) is 2.37.